The average molecular weight is 330 g/mol. The van der Waals surface area contributed by atoms with Gasteiger partial charge in [0.25, 0.3) is 11.8 Å². The summed E-state index contributed by atoms with van der Waals surface area (Å²) >= 11 is 0. The van der Waals surface area contributed by atoms with Gasteiger partial charge < -0.3 is 9.47 Å². The predicted octanol–water partition coefficient (Wildman–Crippen LogP) is 2.09. The van der Waals surface area contributed by atoms with Crippen molar-refractivity contribution in [3.8, 4) is 11.8 Å². The third-order valence-corrected chi connectivity index (χ3v) is 5.25. The molecule has 7 rings (SSSR count). The first-order chi connectivity index (χ1) is 12.4. The normalized spacial score (nSPS) is 25.7. The lowest BCUT2D eigenvalue weighted by molar-refractivity contribution is 0.122. The lowest BCUT2D eigenvalue weighted by Crippen LogP contribution is -2.41. The first-order valence-corrected chi connectivity index (χ1v) is 8.08. The van der Waals surface area contributed by atoms with E-state index in [1.807, 2.05) is 6.07 Å². The fourth-order valence-electron chi connectivity index (χ4n) is 4.41. The van der Waals surface area contributed by atoms with Gasteiger partial charge in [0, 0.05) is 30.4 Å². The minimum absolute atomic E-state index is 0.0122. The van der Waals surface area contributed by atoms with Crippen molar-refractivity contribution in [1.29, 1.82) is 0 Å². The highest BCUT2D eigenvalue weighted by atomic mass is 16.5. The summed E-state index contributed by atoms with van der Waals surface area (Å²) in [6, 6.07) is 6.23. The van der Waals surface area contributed by atoms with Crippen molar-refractivity contribution in [1.82, 2.24) is 19.9 Å². The summed E-state index contributed by atoms with van der Waals surface area (Å²) in [5, 5.41) is 0. The summed E-state index contributed by atoms with van der Waals surface area (Å²) in [6.07, 6.45) is 6.23. The van der Waals surface area contributed by atoms with Crippen LogP contribution in [0.3, 0.4) is 0 Å². The monoisotopic (exact) mass is 330 g/mol. The van der Waals surface area contributed by atoms with Gasteiger partial charge in [0.1, 0.15) is 5.92 Å². The fourth-order valence-corrected chi connectivity index (χ4v) is 4.41. The molecule has 8 heteroatoms. The number of ether oxygens (including phenoxy) is 2. The van der Waals surface area contributed by atoms with Gasteiger partial charge in [-0.2, -0.15) is 0 Å². The largest absolute Gasteiger partial charge is 0.450 e. The van der Waals surface area contributed by atoms with Crippen LogP contribution in [0.5, 0.6) is 11.8 Å². The summed E-state index contributed by atoms with van der Waals surface area (Å²) in [7, 11) is 0. The van der Waals surface area contributed by atoms with Gasteiger partial charge >= 0.3 is 0 Å². The highest BCUT2D eigenvalue weighted by Gasteiger charge is 2.60. The lowest BCUT2D eigenvalue weighted by Gasteiger charge is -2.26. The number of hydrogen-bond acceptors (Lipinski definition) is 8. The Balaban J connectivity index is 1.48. The predicted molar refractivity (Wildman–Crippen MR) is 86.4 cm³/mol. The van der Waals surface area contributed by atoms with Crippen LogP contribution in [0.25, 0.3) is 0 Å². The molecule has 4 aliphatic heterocycles. The third kappa shape index (κ3) is 1.21. The Morgan fingerprint density at radius 3 is 1.80 bits per heavy atom. The van der Waals surface area contributed by atoms with Crippen LogP contribution in [0.2, 0.25) is 0 Å². The SMILES string of the molecule is c1cc2c3c(c1)N1c4nccnc4OC1C3C1Oc3nccnc3N21. The average Bonchev–Trinajstić information content (AvgIpc) is 3.35. The van der Waals surface area contributed by atoms with Crippen LogP contribution in [0.4, 0.5) is 23.0 Å². The molecular weight excluding hydrogens is 320 g/mol. The summed E-state index contributed by atoms with van der Waals surface area (Å²) in [5.41, 5.74) is 3.40. The maximum Gasteiger partial charge on any atom is 0.260 e. The smallest absolute Gasteiger partial charge is 0.260 e. The lowest BCUT2D eigenvalue weighted by atomic mass is 10.0. The van der Waals surface area contributed by atoms with Gasteiger partial charge in [-0.1, -0.05) is 6.07 Å². The van der Waals surface area contributed by atoms with Gasteiger partial charge in [0.05, 0.1) is 11.4 Å². The number of fused-ring (bicyclic) bond motifs is 10. The molecular formula is C17H10N6O2. The van der Waals surface area contributed by atoms with E-state index in [-0.39, 0.29) is 18.4 Å². The Kier molecular flexibility index (Phi) is 1.83. The minimum Gasteiger partial charge on any atom is -0.450 e. The first kappa shape index (κ1) is 12.0. The molecule has 4 aliphatic rings. The summed E-state index contributed by atoms with van der Waals surface area (Å²) in [6.45, 7) is 0. The Morgan fingerprint density at radius 2 is 1.24 bits per heavy atom. The number of hydrogen-bond donors (Lipinski definition) is 0. The molecule has 2 unspecified atom stereocenters. The molecule has 8 nitrogen and oxygen atoms in total. The highest BCUT2D eigenvalue weighted by Crippen LogP contribution is 2.62. The number of anilines is 4. The molecule has 3 aromatic rings. The second kappa shape index (κ2) is 3.80. The van der Waals surface area contributed by atoms with Crippen LogP contribution >= 0.6 is 0 Å². The van der Waals surface area contributed by atoms with E-state index in [2.05, 4.69) is 41.9 Å². The second-order valence-corrected chi connectivity index (χ2v) is 6.36. The standard InChI is InChI=1S/C17H10N6O2/c1-2-8-10-9(3-1)23-13-15(21-7-5-19-13)25-17(23)11(10)16-22(8)12-14(24-16)20-6-4-18-12/h1-7,11,16-17H. The van der Waals surface area contributed by atoms with Gasteiger partial charge in [-0.25, -0.2) is 19.9 Å². The number of nitrogens with zero attached hydrogens (tertiary/aromatic N) is 6. The second-order valence-electron chi connectivity index (χ2n) is 6.36. The molecule has 0 radical (unpaired) electrons. The van der Waals surface area contributed by atoms with Crippen molar-refractivity contribution >= 4 is 23.0 Å². The van der Waals surface area contributed by atoms with E-state index in [9.17, 15) is 0 Å². The van der Waals surface area contributed by atoms with Crippen molar-refractivity contribution in [3.63, 3.8) is 0 Å². The Morgan fingerprint density at radius 1 is 0.720 bits per heavy atom. The van der Waals surface area contributed by atoms with Gasteiger partial charge in [0.2, 0.25) is 0 Å². The Hall–Kier alpha value is -3.42. The molecule has 0 bridgehead atoms. The quantitative estimate of drug-likeness (QED) is 0.620. The molecule has 0 fully saturated rings. The van der Waals surface area contributed by atoms with Gasteiger partial charge in [0.15, 0.2) is 24.1 Å². The van der Waals surface area contributed by atoms with Crippen LogP contribution in [0, 0.1) is 0 Å². The Labute approximate surface area is 141 Å². The summed E-state index contributed by atoms with van der Waals surface area (Å²) < 4.78 is 12.3. The molecule has 0 amide bonds. The van der Waals surface area contributed by atoms with E-state index in [4.69, 9.17) is 9.47 Å². The van der Waals surface area contributed by atoms with E-state index in [1.165, 1.54) is 5.56 Å². The van der Waals surface area contributed by atoms with Gasteiger partial charge in [-0.3, -0.25) is 9.80 Å². The van der Waals surface area contributed by atoms with Crippen molar-refractivity contribution in [3.05, 3.63) is 48.5 Å². The zero-order chi connectivity index (χ0) is 16.1. The van der Waals surface area contributed by atoms with Crippen LogP contribution in [-0.4, -0.2) is 32.4 Å². The van der Waals surface area contributed by atoms with E-state index in [0.717, 1.165) is 23.0 Å². The van der Waals surface area contributed by atoms with Gasteiger partial charge in [-0.15, -0.1) is 0 Å². The molecule has 0 aliphatic carbocycles. The molecule has 0 spiro atoms. The zero-order valence-electron chi connectivity index (χ0n) is 12.8. The molecule has 0 saturated carbocycles. The van der Waals surface area contributed by atoms with Gasteiger partial charge in [-0.05, 0) is 12.1 Å². The molecule has 0 N–H and O–H groups in total. The minimum atomic E-state index is -0.224. The molecule has 1 aromatic carbocycles. The maximum absolute atomic E-state index is 6.16. The summed E-state index contributed by atoms with van der Waals surface area (Å²) in [4.78, 5) is 21.8. The van der Waals surface area contributed by atoms with Crippen LogP contribution in [-0.2, 0) is 0 Å². The van der Waals surface area contributed by atoms with E-state index in [0.29, 0.717) is 11.8 Å². The van der Waals surface area contributed by atoms with E-state index < -0.39 is 0 Å². The van der Waals surface area contributed by atoms with Crippen molar-refractivity contribution in [2.75, 3.05) is 9.80 Å². The topological polar surface area (TPSA) is 76.5 Å². The summed E-state index contributed by atoms with van der Waals surface area (Å²) in [5.74, 6) is 2.66. The van der Waals surface area contributed by atoms with Crippen LogP contribution in [0.1, 0.15) is 11.5 Å². The first-order valence-electron chi connectivity index (χ1n) is 8.08. The van der Waals surface area contributed by atoms with Crippen LogP contribution < -0.4 is 19.3 Å². The highest BCUT2D eigenvalue weighted by molar-refractivity contribution is 5.87. The molecule has 6 heterocycles. The Bertz CT molecular complexity index is 993. The van der Waals surface area contributed by atoms with Crippen molar-refractivity contribution in [2.45, 2.75) is 18.4 Å². The number of benzene rings is 1. The third-order valence-electron chi connectivity index (χ3n) is 5.25. The molecule has 120 valence electrons. The zero-order valence-corrected chi connectivity index (χ0v) is 12.8. The molecule has 25 heavy (non-hydrogen) atoms. The number of aromatic nitrogens is 4. The van der Waals surface area contributed by atoms with E-state index >= 15 is 0 Å². The van der Waals surface area contributed by atoms with Crippen LogP contribution in [0.15, 0.2) is 43.0 Å². The molecule has 2 atom stereocenters. The fraction of sp³-hybridized carbons (Fsp3) is 0.176. The van der Waals surface area contributed by atoms with Crippen molar-refractivity contribution < 1.29 is 9.47 Å². The van der Waals surface area contributed by atoms with Crippen molar-refractivity contribution in [2.24, 2.45) is 0 Å². The number of rotatable bonds is 0. The molecule has 0 saturated heterocycles. The molecule has 2 aromatic heterocycles. The maximum atomic E-state index is 6.16. The van der Waals surface area contributed by atoms with E-state index in [1.54, 1.807) is 24.8 Å².